The van der Waals surface area contributed by atoms with Gasteiger partial charge in [-0.2, -0.15) is 0 Å². The molecule has 0 heterocycles. The molecule has 0 rings (SSSR count). The summed E-state index contributed by atoms with van der Waals surface area (Å²) in [4.78, 5) is 2.55. The van der Waals surface area contributed by atoms with Gasteiger partial charge in [-0.3, -0.25) is 0 Å². The second kappa shape index (κ2) is 10.0. The maximum absolute atomic E-state index is 7.66. The monoisotopic (exact) mass is 124 g/mol. The fraction of sp³-hybridized carbons (Fsp3) is 1.00. The van der Waals surface area contributed by atoms with Crippen molar-refractivity contribution in [3.63, 3.8) is 0 Å². The van der Waals surface area contributed by atoms with Crippen molar-refractivity contribution < 1.29 is 0 Å². The molecule has 0 saturated heterocycles. The van der Waals surface area contributed by atoms with E-state index in [2.05, 4.69) is 10.0 Å². The van der Waals surface area contributed by atoms with E-state index in [0.29, 0.717) is 6.54 Å². The van der Waals surface area contributed by atoms with Crippen molar-refractivity contribution >= 4 is 51.4 Å². The third-order valence-corrected chi connectivity index (χ3v) is 0.387. The van der Waals surface area contributed by atoms with Gasteiger partial charge in [0.1, 0.15) is 0 Å². The molecule has 0 bridgehead atoms. The van der Waals surface area contributed by atoms with Crippen LogP contribution in [-0.4, -0.2) is 57.9 Å². The molecule has 1 radical (unpaired) electrons. The van der Waals surface area contributed by atoms with Crippen LogP contribution in [0, 0.1) is 0 Å². The Balaban J connectivity index is 0. The molecule has 0 unspecified atom stereocenters. The maximum atomic E-state index is 7.66. The van der Waals surface area contributed by atoms with Gasteiger partial charge in [0.2, 0.25) is 0 Å². The van der Waals surface area contributed by atoms with Crippen LogP contribution < -0.4 is 0 Å². The van der Waals surface area contributed by atoms with Gasteiger partial charge in [0.05, 0.1) is 0 Å². The van der Waals surface area contributed by atoms with E-state index in [-0.39, 0.29) is 51.4 Å². The average molecular weight is 124 g/mol. The molecule has 4 heteroatoms. The molecule has 0 atom stereocenters. The Bertz CT molecular complexity index is 66.6. The quantitative estimate of drug-likeness (QED) is 0.231. The standard InChI is InChI=1S/C3H7N3.K/c1-2-3-5-6-4;/h2-3H2,1H3;. The third-order valence-electron chi connectivity index (χ3n) is 0.387. The van der Waals surface area contributed by atoms with Crippen molar-refractivity contribution in [2.24, 2.45) is 5.11 Å². The first-order valence-corrected chi connectivity index (χ1v) is 1.92. The first-order chi connectivity index (χ1) is 2.91. The van der Waals surface area contributed by atoms with Crippen LogP contribution in [-0.2, 0) is 0 Å². The van der Waals surface area contributed by atoms with E-state index in [1.165, 1.54) is 0 Å². The Morgan fingerprint density at radius 1 is 1.71 bits per heavy atom. The number of rotatable bonds is 2. The van der Waals surface area contributed by atoms with Crippen molar-refractivity contribution in [2.45, 2.75) is 13.3 Å². The van der Waals surface area contributed by atoms with E-state index in [1.54, 1.807) is 0 Å². The van der Waals surface area contributed by atoms with Crippen molar-refractivity contribution in [2.75, 3.05) is 6.54 Å². The molecule has 0 N–H and O–H groups in total. The molecule has 0 amide bonds. The fourth-order valence-electron chi connectivity index (χ4n) is 0.145. The zero-order chi connectivity index (χ0) is 4.83. The predicted octanol–water partition coefficient (Wildman–Crippen LogP) is 1.33. The zero-order valence-electron chi connectivity index (χ0n) is 4.76. The smallest absolute Gasteiger partial charge is 0.0255 e. The predicted molar refractivity (Wildman–Crippen MR) is 30.1 cm³/mol. The summed E-state index contributed by atoms with van der Waals surface area (Å²) in [6.07, 6.45) is 0.935. The summed E-state index contributed by atoms with van der Waals surface area (Å²) < 4.78 is 0. The summed E-state index contributed by atoms with van der Waals surface area (Å²) in [7, 11) is 0. The van der Waals surface area contributed by atoms with E-state index in [1.807, 2.05) is 6.92 Å². The van der Waals surface area contributed by atoms with Crippen LogP contribution in [0.3, 0.4) is 0 Å². The Labute approximate surface area is 85.5 Å². The summed E-state index contributed by atoms with van der Waals surface area (Å²) >= 11 is 0. The Kier molecular flexibility index (Phi) is 15.6. The summed E-state index contributed by atoms with van der Waals surface area (Å²) in [6, 6.07) is 0. The molecule has 0 spiro atoms. The van der Waals surface area contributed by atoms with Crippen LogP contribution >= 0.6 is 0 Å². The van der Waals surface area contributed by atoms with Gasteiger partial charge in [0.25, 0.3) is 0 Å². The minimum Gasteiger partial charge on any atom is -0.0940 e. The molecule has 0 aliphatic rings. The summed E-state index contributed by atoms with van der Waals surface area (Å²) in [5, 5.41) is 3.27. The van der Waals surface area contributed by atoms with Gasteiger partial charge < -0.3 is 0 Å². The summed E-state index contributed by atoms with van der Waals surface area (Å²) in [5.41, 5.74) is 7.66. The van der Waals surface area contributed by atoms with E-state index < -0.39 is 0 Å². The minimum atomic E-state index is 0. The average Bonchev–Trinajstić information content (AvgIpc) is 1.61. The third kappa shape index (κ3) is 10.9. The number of hydrogen-bond donors (Lipinski definition) is 0. The minimum absolute atomic E-state index is 0. The molecule has 0 saturated carbocycles. The van der Waals surface area contributed by atoms with Crippen molar-refractivity contribution in [1.82, 2.24) is 0 Å². The fourth-order valence-corrected chi connectivity index (χ4v) is 0.145. The summed E-state index contributed by atoms with van der Waals surface area (Å²) in [5.74, 6) is 0. The first-order valence-electron chi connectivity index (χ1n) is 1.92. The van der Waals surface area contributed by atoms with Gasteiger partial charge in [-0.1, -0.05) is 18.5 Å². The number of azide groups is 1. The van der Waals surface area contributed by atoms with E-state index >= 15 is 0 Å². The Morgan fingerprint density at radius 2 is 2.29 bits per heavy atom. The van der Waals surface area contributed by atoms with Gasteiger partial charge in [-0.05, 0) is 5.53 Å². The van der Waals surface area contributed by atoms with Gasteiger partial charge in [-0.25, -0.2) is 0 Å². The number of hydrogen-bond acceptors (Lipinski definition) is 1. The Hall–Kier alpha value is 0.946. The topological polar surface area (TPSA) is 48.8 Å². The van der Waals surface area contributed by atoms with E-state index in [9.17, 15) is 0 Å². The van der Waals surface area contributed by atoms with Gasteiger partial charge in [0, 0.05) is 62.8 Å². The van der Waals surface area contributed by atoms with E-state index in [0.717, 1.165) is 6.42 Å². The van der Waals surface area contributed by atoms with Crippen LogP contribution in [0.25, 0.3) is 10.4 Å². The van der Waals surface area contributed by atoms with Crippen LogP contribution in [0.1, 0.15) is 13.3 Å². The summed E-state index contributed by atoms with van der Waals surface area (Å²) in [6.45, 7) is 2.59. The molecule has 0 aromatic carbocycles. The molecular formula is C3H7KN3. The van der Waals surface area contributed by atoms with Crippen LogP contribution in [0.2, 0.25) is 0 Å². The Morgan fingerprint density at radius 3 is 2.43 bits per heavy atom. The van der Waals surface area contributed by atoms with Crippen molar-refractivity contribution in [1.29, 1.82) is 0 Å². The normalized spacial score (nSPS) is 5.86. The second-order valence-corrected chi connectivity index (χ2v) is 0.954. The molecule has 0 fully saturated rings. The van der Waals surface area contributed by atoms with Crippen molar-refractivity contribution in [3.8, 4) is 0 Å². The SMILES string of the molecule is CCCN=[N+]=[N-].[K]. The van der Waals surface area contributed by atoms with Gasteiger partial charge in [-0.15, -0.1) is 0 Å². The molecular weight excluding hydrogens is 117 g/mol. The van der Waals surface area contributed by atoms with E-state index in [4.69, 9.17) is 5.53 Å². The molecule has 0 aliphatic heterocycles. The maximum Gasteiger partial charge on any atom is 0.0255 e. The molecule has 0 aromatic heterocycles. The second-order valence-electron chi connectivity index (χ2n) is 0.954. The van der Waals surface area contributed by atoms with Crippen molar-refractivity contribution in [3.05, 3.63) is 10.4 Å². The van der Waals surface area contributed by atoms with Crippen LogP contribution in [0.5, 0.6) is 0 Å². The zero-order valence-corrected chi connectivity index (χ0v) is 7.88. The van der Waals surface area contributed by atoms with Gasteiger partial charge in [0.15, 0.2) is 0 Å². The van der Waals surface area contributed by atoms with Crippen LogP contribution in [0.15, 0.2) is 5.11 Å². The molecule has 35 valence electrons. The van der Waals surface area contributed by atoms with Gasteiger partial charge >= 0.3 is 0 Å². The number of nitrogens with zero attached hydrogens (tertiary/aromatic N) is 3. The molecule has 7 heavy (non-hydrogen) atoms. The molecule has 3 nitrogen and oxygen atoms in total. The molecule has 0 aromatic rings. The molecule has 0 aliphatic carbocycles. The largest absolute Gasteiger partial charge is 0.0940 e. The van der Waals surface area contributed by atoms with Crippen LogP contribution in [0.4, 0.5) is 0 Å². The first kappa shape index (κ1) is 10.8.